The first-order valence-electron chi connectivity index (χ1n) is 7.55. The molecule has 0 bridgehead atoms. The van der Waals surface area contributed by atoms with Crippen molar-refractivity contribution >= 4 is 34.9 Å². The first-order valence-corrected chi connectivity index (χ1v) is 7.92. The number of β-amino-alcohol motifs (C(OH)–C–C–N with tert-alkyl or cyclic N) is 1. The van der Waals surface area contributed by atoms with Crippen molar-refractivity contribution in [3.63, 3.8) is 0 Å². The predicted octanol–water partition coefficient (Wildman–Crippen LogP) is 1.94. The summed E-state index contributed by atoms with van der Waals surface area (Å²) in [5, 5.41) is 21.7. The Kier molecular flexibility index (Phi) is 6.14. The van der Waals surface area contributed by atoms with Gasteiger partial charge in [-0.2, -0.15) is 13.2 Å². The van der Waals surface area contributed by atoms with E-state index in [-0.39, 0.29) is 24.7 Å². The van der Waals surface area contributed by atoms with E-state index in [1.165, 1.54) is 0 Å². The van der Waals surface area contributed by atoms with Crippen LogP contribution in [0.2, 0.25) is 5.02 Å². The van der Waals surface area contributed by atoms with Gasteiger partial charge in [0, 0.05) is 12.6 Å². The van der Waals surface area contributed by atoms with Crippen LogP contribution in [-0.2, 0) is 20.5 Å². The highest BCUT2D eigenvalue weighted by Gasteiger charge is 2.37. The summed E-state index contributed by atoms with van der Waals surface area (Å²) < 4.78 is 43.8. The zero-order valence-corrected chi connectivity index (χ0v) is 14.9. The quantitative estimate of drug-likeness (QED) is 0.407. The normalized spacial score (nSPS) is 14.5. The number of benzene rings is 1. The first-order chi connectivity index (χ1) is 13.0. The number of methoxy groups -OCH3 is 1. The molecule has 1 heterocycles. The van der Waals surface area contributed by atoms with E-state index in [0.29, 0.717) is 6.07 Å². The number of hydrogen-bond acceptors (Lipinski definition) is 7. The van der Waals surface area contributed by atoms with E-state index in [9.17, 15) is 32.9 Å². The van der Waals surface area contributed by atoms with E-state index >= 15 is 0 Å². The lowest BCUT2D eigenvalue weighted by Crippen LogP contribution is -2.31. The Morgan fingerprint density at radius 1 is 1.46 bits per heavy atom. The minimum atomic E-state index is -4.92. The number of rotatable bonds is 6. The van der Waals surface area contributed by atoms with Gasteiger partial charge in [-0.1, -0.05) is 11.6 Å². The van der Waals surface area contributed by atoms with Crippen molar-refractivity contribution in [3.8, 4) is 0 Å². The molecule has 152 valence electrons. The number of carbonyl (C=O) groups excluding carboxylic acids is 2. The maximum Gasteiger partial charge on any atom is 0.416 e. The van der Waals surface area contributed by atoms with Crippen LogP contribution in [0.1, 0.15) is 5.56 Å². The Morgan fingerprint density at radius 2 is 2.11 bits per heavy atom. The third-order valence-corrected chi connectivity index (χ3v) is 4.19. The van der Waals surface area contributed by atoms with Crippen molar-refractivity contribution < 1.29 is 37.5 Å². The van der Waals surface area contributed by atoms with Crippen molar-refractivity contribution in [1.82, 2.24) is 4.90 Å². The highest BCUT2D eigenvalue weighted by atomic mass is 35.5. The molecule has 0 saturated heterocycles. The number of esters is 1. The molecule has 0 fully saturated rings. The maximum atomic E-state index is 13.1. The molecule has 1 aromatic rings. The molecular formula is C15H13ClF3N3O6. The van der Waals surface area contributed by atoms with Gasteiger partial charge in [0.05, 0.1) is 42.0 Å². The van der Waals surface area contributed by atoms with Crippen LogP contribution in [-0.4, -0.2) is 53.6 Å². The number of anilines is 1. The number of alkyl halides is 3. The molecule has 1 aromatic carbocycles. The number of nitrogens with one attached hydrogen (secondary N) is 1. The molecular weight excluding hydrogens is 411 g/mol. The lowest BCUT2D eigenvalue weighted by atomic mass is 10.1. The van der Waals surface area contributed by atoms with Crippen LogP contribution in [0.25, 0.3) is 0 Å². The van der Waals surface area contributed by atoms with E-state index in [2.05, 4.69) is 10.1 Å². The fourth-order valence-electron chi connectivity index (χ4n) is 2.48. The van der Waals surface area contributed by atoms with Crippen molar-refractivity contribution in [2.45, 2.75) is 6.18 Å². The summed E-state index contributed by atoms with van der Waals surface area (Å²) in [5.74, 6) is -1.75. The number of nitro benzene ring substituents is 1. The van der Waals surface area contributed by atoms with Gasteiger partial charge in [-0.25, -0.2) is 4.79 Å². The van der Waals surface area contributed by atoms with Gasteiger partial charge >= 0.3 is 12.1 Å². The number of carbonyl (C=O) groups is 2. The molecule has 0 aromatic heterocycles. The number of nitrogens with zero attached hydrogens (tertiary/aromatic N) is 2. The van der Waals surface area contributed by atoms with E-state index in [1.54, 1.807) is 0 Å². The highest BCUT2D eigenvalue weighted by molar-refractivity contribution is 6.35. The molecule has 0 aliphatic carbocycles. The standard InChI is InChI=1S/C15H13ClF3N3O6/c1-28-14(25)8-6-21(2-3-23)13(24)12(8)20-9-4-7(15(17,18)19)5-10(11(9)16)22(26)27/h4-5,20,23H,2-3,6H2,1H3. The molecule has 2 rings (SSSR count). The molecule has 28 heavy (non-hydrogen) atoms. The second-order valence-electron chi connectivity index (χ2n) is 5.53. The summed E-state index contributed by atoms with van der Waals surface area (Å²) in [5.41, 5.74) is -3.66. The van der Waals surface area contributed by atoms with E-state index < -0.39 is 57.2 Å². The number of ether oxygens (including phenoxy) is 1. The Balaban J connectivity index is 2.58. The summed E-state index contributed by atoms with van der Waals surface area (Å²) in [4.78, 5) is 35.3. The number of halogens is 4. The minimum Gasteiger partial charge on any atom is -0.466 e. The van der Waals surface area contributed by atoms with E-state index in [0.717, 1.165) is 12.0 Å². The molecule has 0 saturated carbocycles. The average molecular weight is 424 g/mol. The molecule has 1 aliphatic heterocycles. The molecule has 0 spiro atoms. The molecule has 1 aliphatic rings. The largest absolute Gasteiger partial charge is 0.466 e. The van der Waals surface area contributed by atoms with Crippen LogP contribution < -0.4 is 5.32 Å². The van der Waals surface area contributed by atoms with Gasteiger partial charge in [-0.15, -0.1) is 0 Å². The van der Waals surface area contributed by atoms with Crippen molar-refractivity contribution in [3.05, 3.63) is 44.1 Å². The third kappa shape index (κ3) is 4.17. The number of aliphatic hydroxyl groups is 1. The fourth-order valence-corrected chi connectivity index (χ4v) is 2.71. The van der Waals surface area contributed by atoms with Crippen LogP contribution in [0.5, 0.6) is 0 Å². The summed E-state index contributed by atoms with van der Waals surface area (Å²) >= 11 is 5.84. The van der Waals surface area contributed by atoms with Crippen LogP contribution in [0.3, 0.4) is 0 Å². The minimum absolute atomic E-state index is 0.152. The number of aliphatic hydroxyl groups excluding tert-OH is 1. The van der Waals surface area contributed by atoms with Crippen molar-refractivity contribution in [2.75, 3.05) is 32.1 Å². The molecule has 0 radical (unpaired) electrons. The smallest absolute Gasteiger partial charge is 0.416 e. The van der Waals surface area contributed by atoms with Gasteiger partial charge in [-0.3, -0.25) is 14.9 Å². The summed E-state index contributed by atoms with van der Waals surface area (Å²) in [7, 11) is 1.04. The first kappa shape index (κ1) is 21.4. The molecule has 0 atom stereocenters. The monoisotopic (exact) mass is 423 g/mol. The fraction of sp³-hybridized carbons (Fsp3) is 0.333. The molecule has 2 N–H and O–H groups in total. The Bertz CT molecular complexity index is 871. The molecule has 0 unspecified atom stereocenters. The average Bonchev–Trinajstić information content (AvgIpc) is 2.91. The molecule has 13 heteroatoms. The van der Waals surface area contributed by atoms with Crippen molar-refractivity contribution in [1.29, 1.82) is 0 Å². The Hall–Kier alpha value is -2.86. The lowest BCUT2D eigenvalue weighted by molar-refractivity contribution is -0.384. The van der Waals surface area contributed by atoms with Gasteiger partial charge in [0.15, 0.2) is 0 Å². The lowest BCUT2D eigenvalue weighted by Gasteiger charge is -2.16. The second kappa shape index (κ2) is 8.02. The van der Waals surface area contributed by atoms with Gasteiger partial charge in [-0.05, 0) is 6.07 Å². The van der Waals surface area contributed by atoms with E-state index in [1.807, 2.05) is 0 Å². The topological polar surface area (TPSA) is 122 Å². The number of hydrogen-bond donors (Lipinski definition) is 2. The molecule has 9 nitrogen and oxygen atoms in total. The van der Waals surface area contributed by atoms with Crippen LogP contribution in [0.4, 0.5) is 24.5 Å². The summed E-state index contributed by atoms with van der Waals surface area (Å²) in [6.07, 6.45) is -4.92. The third-order valence-electron chi connectivity index (χ3n) is 3.79. The van der Waals surface area contributed by atoms with Gasteiger partial charge < -0.3 is 20.1 Å². The zero-order chi connectivity index (χ0) is 21.2. The summed E-state index contributed by atoms with van der Waals surface area (Å²) in [6, 6.07) is 0.747. The number of amides is 1. The maximum absolute atomic E-state index is 13.1. The van der Waals surface area contributed by atoms with Gasteiger partial charge in [0.1, 0.15) is 10.7 Å². The van der Waals surface area contributed by atoms with Gasteiger partial charge in [0.25, 0.3) is 11.6 Å². The number of nitro groups is 1. The van der Waals surface area contributed by atoms with Crippen molar-refractivity contribution in [2.24, 2.45) is 0 Å². The summed E-state index contributed by atoms with van der Waals surface area (Å²) in [6.45, 7) is -0.850. The van der Waals surface area contributed by atoms with Crippen LogP contribution in [0, 0.1) is 10.1 Å². The predicted molar refractivity (Wildman–Crippen MR) is 89.4 cm³/mol. The Morgan fingerprint density at radius 3 is 2.61 bits per heavy atom. The zero-order valence-electron chi connectivity index (χ0n) is 14.2. The second-order valence-corrected chi connectivity index (χ2v) is 5.91. The SMILES string of the molecule is COC(=O)C1=C(Nc2cc(C(F)(F)F)cc([N+](=O)[O-])c2Cl)C(=O)N(CCO)C1. The highest BCUT2D eigenvalue weighted by Crippen LogP contribution is 2.40. The van der Waals surface area contributed by atoms with Gasteiger partial charge in [0.2, 0.25) is 0 Å². The Labute approximate surface area is 160 Å². The van der Waals surface area contributed by atoms with Crippen LogP contribution >= 0.6 is 11.6 Å². The van der Waals surface area contributed by atoms with E-state index in [4.69, 9.17) is 16.7 Å². The molecule has 1 amide bonds. The van der Waals surface area contributed by atoms with Crippen LogP contribution in [0.15, 0.2) is 23.4 Å².